The van der Waals surface area contributed by atoms with E-state index in [9.17, 15) is 18.8 Å². The summed E-state index contributed by atoms with van der Waals surface area (Å²) in [5.74, 6) is -2.47. The van der Waals surface area contributed by atoms with Crippen LogP contribution in [0.3, 0.4) is 0 Å². The molecule has 0 saturated heterocycles. The number of anilines is 1. The molecular weight excluding hydrogens is 375 g/mol. The molecule has 0 radical (unpaired) electrons. The number of nitrogens with two attached hydrogens (primary N) is 2. The molecule has 0 spiro atoms. The van der Waals surface area contributed by atoms with Gasteiger partial charge < -0.3 is 21.7 Å². The van der Waals surface area contributed by atoms with Crippen LogP contribution in [0.5, 0.6) is 0 Å². The monoisotopic (exact) mass is 398 g/mol. The Hall–Kier alpha value is -2.19. The summed E-state index contributed by atoms with van der Waals surface area (Å²) in [5.41, 5.74) is 10.8. The largest absolute Gasteiger partial charge is 0.368 e. The lowest BCUT2D eigenvalue weighted by molar-refractivity contribution is -0.141. The van der Waals surface area contributed by atoms with E-state index >= 15 is 0 Å². The highest BCUT2D eigenvalue weighted by atomic mass is 35.5. The molecule has 0 fully saturated rings. The molecule has 3 amide bonds. The summed E-state index contributed by atoms with van der Waals surface area (Å²) < 4.78 is 13.9. The summed E-state index contributed by atoms with van der Waals surface area (Å²) in [6.07, 6.45) is -0.229. The van der Waals surface area contributed by atoms with E-state index < -0.39 is 35.5 Å². The average Bonchev–Trinajstić information content (AvgIpc) is 2.84. The van der Waals surface area contributed by atoms with Gasteiger partial charge in [-0.15, -0.1) is 0 Å². The molecule has 0 saturated carbocycles. The fourth-order valence-corrected chi connectivity index (χ4v) is 3.27. The van der Waals surface area contributed by atoms with Crippen molar-refractivity contribution in [3.8, 4) is 0 Å². The van der Waals surface area contributed by atoms with Crippen molar-refractivity contribution in [1.29, 1.82) is 0 Å². The third kappa shape index (κ3) is 4.95. The number of nitrogens with zero attached hydrogens (tertiary/aromatic N) is 1. The van der Waals surface area contributed by atoms with E-state index in [0.29, 0.717) is 16.3 Å². The lowest BCUT2D eigenvalue weighted by Gasteiger charge is -2.32. The van der Waals surface area contributed by atoms with E-state index in [1.54, 1.807) is 18.2 Å². The van der Waals surface area contributed by atoms with Gasteiger partial charge in [0.25, 0.3) is 0 Å². The highest BCUT2D eigenvalue weighted by Crippen LogP contribution is 2.35. The van der Waals surface area contributed by atoms with Gasteiger partial charge in [-0.1, -0.05) is 11.6 Å². The normalized spacial score (nSPS) is 18.4. The number of hydrogen-bond donors (Lipinski definition) is 3. The van der Waals surface area contributed by atoms with Gasteiger partial charge in [-0.2, -0.15) is 0 Å². The van der Waals surface area contributed by atoms with Crippen molar-refractivity contribution >= 4 is 35.0 Å². The molecule has 1 aliphatic rings. The van der Waals surface area contributed by atoms with Crippen molar-refractivity contribution in [2.75, 3.05) is 11.9 Å². The van der Waals surface area contributed by atoms with Crippen molar-refractivity contribution in [2.45, 2.75) is 50.9 Å². The number of halogens is 2. The van der Waals surface area contributed by atoms with Gasteiger partial charge in [-0.05, 0) is 44.5 Å². The molecule has 1 aromatic carbocycles. The molecule has 0 aliphatic carbocycles. The number of nitrogens with one attached hydrogen (secondary N) is 1. The third-order valence-corrected chi connectivity index (χ3v) is 4.76. The van der Waals surface area contributed by atoms with Crippen LogP contribution in [0.4, 0.5) is 10.1 Å². The second-order valence-corrected chi connectivity index (χ2v) is 7.81. The van der Waals surface area contributed by atoms with Crippen LogP contribution in [0.1, 0.15) is 38.7 Å². The molecule has 27 heavy (non-hydrogen) atoms. The Morgan fingerprint density at radius 2 is 2.04 bits per heavy atom. The first-order valence-corrected chi connectivity index (χ1v) is 8.93. The number of benzene rings is 1. The number of primary amides is 1. The van der Waals surface area contributed by atoms with E-state index in [1.165, 1.54) is 20.8 Å². The number of fused-ring (bicyclic) bond motifs is 1. The van der Waals surface area contributed by atoms with Gasteiger partial charge in [-0.3, -0.25) is 14.4 Å². The second kappa shape index (κ2) is 7.82. The predicted molar refractivity (Wildman–Crippen MR) is 101 cm³/mol. The van der Waals surface area contributed by atoms with Gasteiger partial charge in [-0.25, -0.2) is 4.39 Å². The maximum atomic E-state index is 13.9. The third-order valence-electron chi connectivity index (χ3n) is 4.53. The van der Waals surface area contributed by atoms with Gasteiger partial charge in [0, 0.05) is 23.7 Å². The number of carbonyl (C=O) groups excluding carboxylic acids is 3. The first-order valence-electron chi connectivity index (χ1n) is 8.55. The SMILES string of the molecule is C[C@@H](C(N)=O)N(C[C@@H]1C(=O)Nc2ccc(Cl)cc21)C(=O)[C@@H](N)CC(C)(C)F. The van der Waals surface area contributed by atoms with Gasteiger partial charge in [0.15, 0.2) is 0 Å². The Bertz CT molecular complexity index is 765. The molecule has 0 bridgehead atoms. The van der Waals surface area contributed by atoms with Gasteiger partial charge in [0.05, 0.1) is 12.0 Å². The number of alkyl halides is 1. The quantitative estimate of drug-likeness (QED) is 0.645. The van der Waals surface area contributed by atoms with Crippen molar-refractivity contribution in [3.05, 3.63) is 28.8 Å². The molecule has 3 atom stereocenters. The highest BCUT2D eigenvalue weighted by Gasteiger charge is 2.38. The minimum Gasteiger partial charge on any atom is -0.368 e. The molecule has 1 aliphatic heterocycles. The van der Waals surface area contributed by atoms with Crippen molar-refractivity contribution in [1.82, 2.24) is 4.90 Å². The Morgan fingerprint density at radius 3 is 2.59 bits per heavy atom. The molecule has 9 heteroatoms. The Balaban J connectivity index is 2.31. The fourth-order valence-electron chi connectivity index (χ4n) is 3.09. The second-order valence-electron chi connectivity index (χ2n) is 7.37. The van der Waals surface area contributed by atoms with Gasteiger partial charge in [0.2, 0.25) is 17.7 Å². The first kappa shape index (κ1) is 21.1. The minimum atomic E-state index is -1.67. The van der Waals surface area contributed by atoms with Crippen LogP contribution in [0.25, 0.3) is 0 Å². The minimum absolute atomic E-state index is 0.122. The molecule has 0 unspecified atom stereocenters. The maximum absolute atomic E-state index is 13.9. The van der Waals surface area contributed by atoms with E-state index in [2.05, 4.69) is 5.32 Å². The summed E-state index contributed by atoms with van der Waals surface area (Å²) in [6.45, 7) is 3.94. The number of hydrogen-bond acceptors (Lipinski definition) is 4. The molecular formula is C18H24ClFN4O3. The summed E-state index contributed by atoms with van der Waals surface area (Å²) >= 11 is 6.02. The van der Waals surface area contributed by atoms with Crippen molar-refractivity contribution < 1.29 is 18.8 Å². The molecule has 5 N–H and O–H groups in total. The van der Waals surface area contributed by atoms with Crippen LogP contribution in [-0.2, 0) is 14.4 Å². The first-order chi connectivity index (χ1) is 12.4. The maximum Gasteiger partial charge on any atom is 0.240 e. The van der Waals surface area contributed by atoms with Crippen LogP contribution in [0.15, 0.2) is 18.2 Å². The van der Waals surface area contributed by atoms with Crippen molar-refractivity contribution in [2.24, 2.45) is 11.5 Å². The van der Waals surface area contributed by atoms with E-state index in [0.717, 1.165) is 4.90 Å². The van der Waals surface area contributed by atoms with Gasteiger partial charge >= 0.3 is 0 Å². The van der Waals surface area contributed by atoms with E-state index in [-0.39, 0.29) is 18.9 Å². The molecule has 0 aromatic heterocycles. The molecule has 148 valence electrons. The zero-order valence-electron chi connectivity index (χ0n) is 15.5. The van der Waals surface area contributed by atoms with Gasteiger partial charge in [0.1, 0.15) is 11.7 Å². The van der Waals surface area contributed by atoms with E-state index in [4.69, 9.17) is 23.1 Å². The highest BCUT2D eigenvalue weighted by molar-refractivity contribution is 6.31. The lowest BCUT2D eigenvalue weighted by Crippen LogP contribution is -2.54. The lowest BCUT2D eigenvalue weighted by atomic mass is 9.97. The smallest absolute Gasteiger partial charge is 0.240 e. The van der Waals surface area contributed by atoms with Crippen molar-refractivity contribution in [3.63, 3.8) is 0 Å². The molecule has 2 rings (SSSR count). The van der Waals surface area contributed by atoms with Crippen LogP contribution >= 0.6 is 11.6 Å². The number of amides is 3. The molecule has 1 heterocycles. The molecule has 1 aromatic rings. The number of rotatable bonds is 7. The zero-order chi connectivity index (χ0) is 20.5. The van der Waals surface area contributed by atoms with E-state index in [1.807, 2.05) is 0 Å². The standard InChI is InChI=1S/C18H24ClFN4O3/c1-9(15(22)25)24(17(27)13(21)7-18(2,3)20)8-12-11-6-10(19)4-5-14(11)23-16(12)26/h4-6,9,12-13H,7-8,21H2,1-3H3,(H2,22,25)(H,23,26)/t9-,12-,13-/m0/s1. The summed E-state index contributed by atoms with van der Waals surface area (Å²) in [5, 5.41) is 3.15. The fraction of sp³-hybridized carbons (Fsp3) is 0.500. The summed E-state index contributed by atoms with van der Waals surface area (Å²) in [7, 11) is 0. The van der Waals surface area contributed by atoms with Crippen LogP contribution in [0, 0.1) is 0 Å². The summed E-state index contributed by atoms with van der Waals surface area (Å²) in [6, 6.07) is 2.74. The Labute approximate surface area is 162 Å². The Morgan fingerprint density at radius 1 is 1.41 bits per heavy atom. The zero-order valence-corrected chi connectivity index (χ0v) is 16.2. The molecule has 7 nitrogen and oxygen atoms in total. The predicted octanol–water partition coefficient (Wildman–Crippen LogP) is 1.54. The average molecular weight is 399 g/mol. The van der Waals surface area contributed by atoms with Crippen LogP contribution in [-0.4, -0.2) is 46.9 Å². The topological polar surface area (TPSA) is 119 Å². The van der Waals surface area contributed by atoms with Crippen LogP contribution in [0.2, 0.25) is 5.02 Å². The Kier molecular flexibility index (Phi) is 6.11. The summed E-state index contributed by atoms with van der Waals surface area (Å²) in [4.78, 5) is 38.0. The number of carbonyl (C=O) groups is 3. The van der Waals surface area contributed by atoms with Crippen LogP contribution < -0.4 is 16.8 Å².